The Labute approximate surface area is 201 Å². The van der Waals surface area contributed by atoms with E-state index in [2.05, 4.69) is 15.6 Å². The number of benzene rings is 2. The number of carbonyl (C=O) groups is 3. The Morgan fingerprint density at radius 2 is 1.82 bits per heavy atom. The van der Waals surface area contributed by atoms with E-state index in [0.29, 0.717) is 33.1 Å². The van der Waals surface area contributed by atoms with E-state index in [9.17, 15) is 22.8 Å². The van der Waals surface area contributed by atoms with E-state index >= 15 is 0 Å². The maximum absolute atomic E-state index is 12.6. The van der Waals surface area contributed by atoms with E-state index in [4.69, 9.17) is 0 Å². The van der Waals surface area contributed by atoms with Gasteiger partial charge in [0.15, 0.2) is 15.0 Å². The summed E-state index contributed by atoms with van der Waals surface area (Å²) in [5.41, 5.74) is 1.49. The lowest BCUT2D eigenvalue weighted by Gasteiger charge is -2.20. The van der Waals surface area contributed by atoms with Crippen molar-refractivity contribution in [3.63, 3.8) is 0 Å². The molecule has 1 aliphatic heterocycles. The van der Waals surface area contributed by atoms with Gasteiger partial charge >= 0.3 is 0 Å². The first-order valence-electron chi connectivity index (χ1n) is 10.6. The number of amides is 3. The van der Waals surface area contributed by atoms with Crippen LogP contribution in [0.1, 0.15) is 30.6 Å². The number of fused-ring (bicyclic) bond motifs is 1. The summed E-state index contributed by atoms with van der Waals surface area (Å²) in [5, 5.41) is 5.88. The Kier molecular flexibility index (Phi) is 6.41. The fourth-order valence-electron chi connectivity index (χ4n) is 3.71. The SMILES string of the molecule is CC(C)N1CC(C(=O)Nc2ccc(C(=O)Nc3nc4ccc(S(C)(=O)=O)cc4s3)cc2)CC1=O. The maximum Gasteiger partial charge on any atom is 0.257 e. The lowest BCUT2D eigenvalue weighted by atomic mass is 10.1. The number of nitrogens with zero attached hydrogens (tertiary/aromatic N) is 2. The third-order valence-electron chi connectivity index (χ3n) is 5.58. The van der Waals surface area contributed by atoms with E-state index in [1.807, 2.05) is 13.8 Å². The third-order valence-corrected chi connectivity index (χ3v) is 7.62. The van der Waals surface area contributed by atoms with Gasteiger partial charge in [-0.05, 0) is 56.3 Å². The summed E-state index contributed by atoms with van der Waals surface area (Å²) in [6.07, 6.45) is 1.33. The van der Waals surface area contributed by atoms with Crippen LogP contribution in [0.25, 0.3) is 10.2 Å². The van der Waals surface area contributed by atoms with E-state index < -0.39 is 15.8 Å². The van der Waals surface area contributed by atoms with Crippen LogP contribution >= 0.6 is 11.3 Å². The molecule has 2 aromatic carbocycles. The number of sulfone groups is 1. The summed E-state index contributed by atoms with van der Waals surface area (Å²) >= 11 is 1.18. The Bertz CT molecular complexity index is 1380. The lowest BCUT2D eigenvalue weighted by Crippen LogP contribution is -2.33. The standard InChI is InChI=1S/C23H24N4O5S2/c1-13(2)27-12-15(10-20(27)28)22(30)24-16-6-4-14(5-7-16)21(29)26-23-25-18-9-8-17(34(3,31)32)11-19(18)33-23/h4-9,11,13,15H,10,12H2,1-3H3,(H,24,30)(H,25,26,29). The molecular formula is C23H24N4O5S2. The van der Waals surface area contributed by atoms with Crippen molar-refractivity contribution >= 4 is 59.9 Å². The zero-order chi connectivity index (χ0) is 24.6. The van der Waals surface area contributed by atoms with Gasteiger partial charge in [0.1, 0.15) is 0 Å². The van der Waals surface area contributed by atoms with Gasteiger partial charge in [0.05, 0.1) is 21.0 Å². The monoisotopic (exact) mass is 500 g/mol. The Hall–Kier alpha value is -3.31. The van der Waals surface area contributed by atoms with Crippen molar-refractivity contribution in [1.29, 1.82) is 0 Å². The lowest BCUT2D eigenvalue weighted by molar-refractivity contribution is -0.129. The fourth-order valence-corrected chi connectivity index (χ4v) is 5.34. The second kappa shape index (κ2) is 9.15. The van der Waals surface area contributed by atoms with Crippen molar-refractivity contribution in [3.8, 4) is 0 Å². The molecule has 1 unspecified atom stereocenters. The molecule has 34 heavy (non-hydrogen) atoms. The molecule has 11 heteroatoms. The minimum atomic E-state index is -3.34. The molecule has 2 N–H and O–H groups in total. The van der Waals surface area contributed by atoms with Crippen molar-refractivity contribution in [2.75, 3.05) is 23.4 Å². The fraction of sp³-hybridized carbons (Fsp3) is 0.304. The highest BCUT2D eigenvalue weighted by molar-refractivity contribution is 7.90. The normalized spacial score (nSPS) is 16.3. The van der Waals surface area contributed by atoms with Gasteiger partial charge in [0.25, 0.3) is 5.91 Å². The Morgan fingerprint density at radius 1 is 1.12 bits per heavy atom. The molecule has 9 nitrogen and oxygen atoms in total. The minimum Gasteiger partial charge on any atom is -0.339 e. The van der Waals surface area contributed by atoms with Crippen LogP contribution in [0.2, 0.25) is 0 Å². The van der Waals surface area contributed by atoms with Crippen LogP contribution < -0.4 is 10.6 Å². The molecule has 1 atom stereocenters. The van der Waals surface area contributed by atoms with E-state index in [0.717, 1.165) is 6.26 Å². The summed E-state index contributed by atoms with van der Waals surface area (Å²) in [7, 11) is -3.34. The minimum absolute atomic E-state index is 0.0236. The first-order chi connectivity index (χ1) is 16.0. The number of hydrogen-bond donors (Lipinski definition) is 2. The van der Waals surface area contributed by atoms with Gasteiger partial charge in [-0.3, -0.25) is 19.7 Å². The molecule has 1 aromatic heterocycles. The molecule has 0 radical (unpaired) electrons. The van der Waals surface area contributed by atoms with Crippen LogP contribution in [0.15, 0.2) is 47.4 Å². The molecule has 1 aliphatic rings. The van der Waals surface area contributed by atoms with Gasteiger partial charge < -0.3 is 10.2 Å². The molecule has 2 heterocycles. The predicted molar refractivity (Wildman–Crippen MR) is 131 cm³/mol. The molecule has 0 spiro atoms. The van der Waals surface area contributed by atoms with Crippen LogP contribution in [0.5, 0.6) is 0 Å². The van der Waals surface area contributed by atoms with Gasteiger partial charge in [-0.15, -0.1) is 0 Å². The number of likely N-dealkylation sites (tertiary alicyclic amines) is 1. The summed E-state index contributed by atoms with van der Waals surface area (Å²) in [4.78, 5) is 43.4. The average Bonchev–Trinajstić information content (AvgIpc) is 3.35. The molecule has 4 rings (SSSR count). The second-order valence-electron chi connectivity index (χ2n) is 8.48. The molecule has 178 valence electrons. The van der Waals surface area contributed by atoms with Crippen LogP contribution in [0.4, 0.5) is 10.8 Å². The summed E-state index contributed by atoms with van der Waals surface area (Å²) in [5.74, 6) is -1.03. The smallest absolute Gasteiger partial charge is 0.257 e. The van der Waals surface area contributed by atoms with Crippen molar-refractivity contribution in [2.45, 2.75) is 31.2 Å². The molecule has 0 aliphatic carbocycles. The van der Waals surface area contributed by atoms with E-state index in [1.54, 1.807) is 35.2 Å². The van der Waals surface area contributed by atoms with Gasteiger partial charge in [-0.2, -0.15) is 0 Å². The van der Waals surface area contributed by atoms with Gasteiger partial charge in [0.2, 0.25) is 11.8 Å². The highest BCUT2D eigenvalue weighted by Gasteiger charge is 2.35. The Morgan fingerprint density at radius 3 is 2.44 bits per heavy atom. The van der Waals surface area contributed by atoms with Crippen LogP contribution in [-0.2, 0) is 19.4 Å². The van der Waals surface area contributed by atoms with Crippen molar-refractivity contribution in [2.24, 2.45) is 5.92 Å². The van der Waals surface area contributed by atoms with Crippen LogP contribution in [-0.4, -0.2) is 54.9 Å². The summed E-state index contributed by atoms with van der Waals surface area (Å²) < 4.78 is 24.1. The molecule has 3 aromatic rings. The molecule has 1 saturated heterocycles. The quantitative estimate of drug-likeness (QED) is 0.536. The number of thiazole rings is 1. The van der Waals surface area contributed by atoms with E-state index in [-0.39, 0.29) is 35.1 Å². The molecule has 3 amide bonds. The number of rotatable bonds is 6. The van der Waals surface area contributed by atoms with Crippen LogP contribution in [0.3, 0.4) is 0 Å². The number of aromatic nitrogens is 1. The van der Waals surface area contributed by atoms with Crippen LogP contribution in [0, 0.1) is 5.92 Å². The largest absolute Gasteiger partial charge is 0.339 e. The summed E-state index contributed by atoms with van der Waals surface area (Å²) in [6, 6.07) is 11.1. The highest BCUT2D eigenvalue weighted by atomic mass is 32.2. The number of hydrogen-bond acceptors (Lipinski definition) is 7. The van der Waals surface area contributed by atoms with Crippen molar-refractivity contribution < 1.29 is 22.8 Å². The maximum atomic E-state index is 12.6. The molecule has 0 saturated carbocycles. The predicted octanol–water partition coefficient (Wildman–Crippen LogP) is 3.15. The second-order valence-corrected chi connectivity index (χ2v) is 11.5. The summed E-state index contributed by atoms with van der Waals surface area (Å²) in [6.45, 7) is 4.24. The van der Waals surface area contributed by atoms with E-state index in [1.165, 1.54) is 23.5 Å². The molecule has 0 bridgehead atoms. The molecular weight excluding hydrogens is 476 g/mol. The number of carbonyl (C=O) groups excluding carboxylic acids is 3. The topological polar surface area (TPSA) is 126 Å². The average molecular weight is 501 g/mol. The first-order valence-corrected chi connectivity index (χ1v) is 13.3. The van der Waals surface area contributed by atoms with Crippen molar-refractivity contribution in [3.05, 3.63) is 48.0 Å². The van der Waals surface area contributed by atoms with Gasteiger partial charge in [0, 0.05) is 36.5 Å². The zero-order valence-corrected chi connectivity index (χ0v) is 20.5. The molecule has 1 fully saturated rings. The number of nitrogens with one attached hydrogen (secondary N) is 2. The zero-order valence-electron chi connectivity index (χ0n) is 18.9. The number of anilines is 2. The van der Waals surface area contributed by atoms with Gasteiger partial charge in [-0.1, -0.05) is 11.3 Å². The Balaban J connectivity index is 1.39. The first kappa shape index (κ1) is 23.8. The van der Waals surface area contributed by atoms with Gasteiger partial charge in [-0.25, -0.2) is 13.4 Å². The third kappa shape index (κ3) is 5.10. The highest BCUT2D eigenvalue weighted by Crippen LogP contribution is 2.28. The van der Waals surface area contributed by atoms with Crippen molar-refractivity contribution in [1.82, 2.24) is 9.88 Å².